The van der Waals surface area contributed by atoms with E-state index in [1.165, 1.54) is 0 Å². The first-order chi connectivity index (χ1) is 12.0. The molecule has 1 aliphatic rings. The first-order valence-corrected chi connectivity index (χ1v) is 9.24. The third kappa shape index (κ3) is 4.72. The molecule has 1 N–H and O–H groups in total. The van der Waals surface area contributed by atoms with E-state index in [1.807, 2.05) is 17.0 Å². The molecule has 1 aliphatic heterocycles. The molecule has 2 heterocycles. The Balaban J connectivity index is 1.55. The Labute approximate surface area is 155 Å². The fourth-order valence-electron chi connectivity index (χ4n) is 2.88. The molecule has 0 radical (unpaired) electrons. The van der Waals surface area contributed by atoms with Crippen molar-refractivity contribution in [2.75, 3.05) is 18.4 Å². The molecule has 0 aliphatic carbocycles. The third-order valence-electron chi connectivity index (χ3n) is 4.50. The van der Waals surface area contributed by atoms with Crippen LogP contribution in [-0.2, 0) is 11.2 Å². The number of halogens is 1. The molecule has 1 aromatic carbocycles. The number of anilines is 1. The van der Waals surface area contributed by atoms with Gasteiger partial charge in [0.1, 0.15) is 0 Å². The van der Waals surface area contributed by atoms with Gasteiger partial charge in [-0.1, -0.05) is 19.1 Å². The van der Waals surface area contributed by atoms with Gasteiger partial charge in [0, 0.05) is 18.8 Å². The van der Waals surface area contributed by atoms with E-state index in [2.05, 4.69) is 28.2 Å². The maximum atomic E-state index is 12.4. The monoisotopic (exact) mass is 404 g/mol. The zero-order valence-corrected chi connectivity index (χ0v) is 15.7. The number of hydrogen-bond donors (Lipinski definition) is 1. The van der Waals surface area contributed by atoms with Crippen LogP contribution < -0.4 is 5.32 Å². The Morgan fingerprint density at radius 3 is 2.44 bits per heavy atom. The summed E-state index contributed by atoms with van der Waals surface area (Å²) in [4.78, 5) is 26.3. The molecule has 0 atom stereocenters. The van der Waals surface area contributed by atoms with Crippen LogP contribution in [0.4, 0.5) is 5.69 Å². The van der Waals surface area contributed by atoms with Gasteiger partial charge in [0.15, 0.2) is 10.4 Å². The zero-order chi connectivity index (χ0) is 17.8. The van der Waals surface area contributed by atoms with E-state index >= 15 is 0 Å². The highest BCUT2D eigenvalue weighted by Gasteiger charge is 2.20. The lowest BCUT2D eigenvalue weighted by Gasteiger charge is -2.30. The molecular formula is C19H21BrN2O3. The topological polar surface area (TPSA) is 62.6 Å². The van der Waals surface area contributed by atoms with Crippen LogP contribution in [0.15, 0.2) is 45.5 Å². The van der Waals surface area contributed by atoms with Crippen LogP contribution in [0.2, 0.25) is 0 Å². The van der Waals surface area contributed by atoms with Gasteiger partial charge in [-0.2, -0.15) is 0 Å². The minimum atomic E-state index is -0.308. The lowest BCUT2D eigenvalue weighted by Crippen LogP contribution is -2.38. The maximum absolute atomic E-state index is 12.4. The SMILES string of the molecule is CC1CCN(C(=O)Cc2ccc(NC(=O)c3ccc(Br)o3)cc2)CC1. The van der Waals surface area contributed by atoms with Crippen molar-refractivity contribution >= 4 is 33.4 Å². The number of amides is 2. The molecule has 6 heteroatoms. The average Bonchev–Trinajstić information content (AvgIpc) is 3.04. The fourth-order valence-corrected chi connectivity index (χ4v) is 3.19. The van der Waals surface area contributed by atoms with Crippen molar-refractivity contribution < 1.29 is 14.0 Å². The van der Waals surface area contributed by atoms with Crippen LogP contribution >= 0.6 is 15.9 Å². The number of likely N-dealkylation sites (tertiary alicyclic amines) is 1. The number of hydrogen-bond acceptors (Lipinski definition) is 3. The van der Waals surface area contributed by atoms with Crippen molar-refractivity contribution in [3.63, 3.8) is 0 Å². The van der Waals surface area contributed by atoms with Gasteiger partial charge < -0.3 is 14.6 Å². The van der Waals surface area contributed by atoms with E-state index in [0.717, 1.165) is 31.5 Å². The summed E-state index contributed by atoms with van der Waals surface area (Å²) in [5.74, 6) is 0.813. The molecular weight excluding hydrogens is 384 g/mol. The zero-order valence-electron chi connectivity index (χ0n) is 14.1. The Morgan fingerprint density at radius 1 is 1.16 bits per heavy atom. The summed E-state index contributed by atoms with van der Waals surface area (Å²) in [6.07, 6.45) is 2.56. The van der Waals surface area contributed by atoms with Crippen LogP contribution in [0.25, 0.3) is 0 Å². The summed E-state index contributed by atoms with van der Waals surface area (Å²) < 4.78 is 5.74. The second-order valence-electron chi connectivity index (χ2n) is 6.49. The molecule has 0 bridgehead atoms. The maximum Gasteiger partial charge on any atom is 0.291 e. The van der Waals surface area contributed by atoms with Crippen LogP contribution in [0.5, 0.6) is 0 Å². The molecule has 2 amide bonds. The molecule has 2 aromatic rings. The lowest BCUT2D eigenvalue weighted by molar-refractivity contribution is -0.131. The number of nitrogens with one attached hydrogen (secondary N) is 1. The van der Waals surface area contributed by atoms with Crippen molar-refractivity contribution in [3.8, 4) is 0 Å². The van der Waals surface area contributed by atoms with Crippen molar-refractivity contribution in [1.82, 2.24) is 4.90 Å². The number of carbonyl (C=O) groups excluding carboxylic acids is 2. The lowest BCUT2D eigenvalue weighted by atomic mass is 9.98. The van der Waals surface area contributed by atoms with E-state index in [4.69, 9.17) is 4.42 Å². The largest absolute Gasteiger partial charge is 0.444 e. The summed E-state index contributed by atoms with van der Waals surface area (Å²) in [5, 5.41) is 2.77. The molecule has 0 saturated carbocycles. The Kier molecular flexibility index (Phi) is 5.58. The molecule has 1 saturated heterocycles. The summed E-state index contributed by atoms with van der Waals surface area (Å²) >= 11 is 3.17. The van der Waals surface area contributed by atoms with E-state index in [-0.39, 0.29) is 17.6 Å². The third-order valence-corrected chi connectivity index (χ3v) is 4.93. The molecule has 0 unspecified atom stereocenters. The smallest absolute Gasteiger partial charge is 0.291 e. The summed E-state index contributed by atoms with van der Waals surface area (Å²) in [5.41, 5.74) is 1.61. The van der Waals surface area contributed by atoms with E-state index in [1.54, 1.807) is 24.3 Å². The highest BCUT2D eigenvalue weighted by atomic mass is 79.9. The molecule has 1 aromatic heterocycles. The first-order valence-electron chi connectivity index (χ1n) is 8.44. The van der Waals surface area contributed by atoms with Gasteiger partial charge in [-0.25, -0.2) is 0 Å². The van der Waals surface area contributed by atoms with Crippen molar-refractivity contribution in [2.45, 2.75) is 26.2 Å². The number of piperidine rings is 1. The molecule has 25 heavy (non-hydrogen) atoms. The van der Waals surface area contributed by atoms with Gasteiger partial charge in [0.2, 0.25) is 5.91 Å². The Hall–Kier alpha value is -2.08. The van der Waals surface area contributed by atoms with Gasteiger partial charge in [-0.3, -0.25) is 9.59 Å². The van der Waals surface area contributed by atoms with Crippen molar-refractivity contribution in [1.29, 1.82) is 0 Å². The van der Waals surface area contributed by atoms with Crippen molar-refractivity contribution in [2.24, 2.45) is 5.92 Å². The van der Waals surface area contributed by atoms with E-state index in [9.17, 15) is 9.59 Å². The highest BCUT2D eigenvalue weighted by Crippen LogP contribution is 2.19. The number of benzene rings is 1. The van der Waals surface area contributed by atoms with E-state index < -0.39 is 0 Å². The molecule has 3 rings (SSSR count). The summed E-state index contributed by atoms with van der Waals surface area (Å²) in [6.45, 7) is 3.94. The quantitative estimate of drug-likeness (QED) is 0.834. The van der Waals surface area contributed by atoms with Crippen LogP contribution in [-0.4, -0.2) is 29.8 Å². The number of carbonyl (C=O) groups is 2. The normalized spacial score (nSPS) is 15.2. The minimum absolute atomic E-state index is 0.170. The highest BCUT2D eigenvalue weighted by molar-refractivity contribution is 9.10. The summed E-state index contributed by atoms with van der Waals surface area (Å²) in [7, 11) is 0. The minimum Gasteiger partial charge on any atom is -0.444 e. The van der Waals surface area contributed by atoms with E-state index in [0.29, 0.717) is 22.7 Å². The predicted octanol–water partition coefficient (Wildman–Crippen LogP) is 4.10. The van der Waals surface area contributed by atoms with Crippen LogP contribution in [0, 0.1) is 5.92 Å². The van der Waals surface area contributed by atoms with Crippen molar-refractivity contribution in [3.05, 3.63) is 52.4 Å². The van der Waals surface area contributed by atoms with Gasteiger partial charge in [-0.15, -0.1) is 0 Å². The number of rotatable bonds is 4. The molecule has 1 fully saturated rings. The standard InChI is InChI=1S/C19H21BrN2O3/c1-13-8-10-22(11-9-13)18(23)12-14-2-4-15(5-3-14)21-19(24)16-6-7-17(20)25-16/h2-7,13H,8-12H2,1H3,(H,21,24). The molecule has 0 spiro atoms. The molecule has 5 nitrogen and oxygen atoms in total. The van der Waals surface area contributed by atoms with Crippen LogP contribution in [0.3, 0.4) is 0 Å². The number of nitrogens with zero attached hydrogens (tertiary/aromatic N) is 1. The second kappa shape index (κ2) is 7.87. The number of furan rings is 1. The molecule has 132 valence electrons. The van der Waals surface area contributed by atoms with Gasteiger partial charge >= 0.3 is 0 Å². The summed E-state index contributed by atoms with van der Waals surface area (Å²) in [6, 6.07) is 10.6. The second-order valence-corrected chi connectivity index (χ2v) is 7.28. The average molecular weight is 405 g/mol. The van der Waals surface area contributed by atoms with Crippen LogP contribution in [0.1, 0.15) is 35.9 Å². The predicted molar refractivity (Wildman–Crippen MR) is 99.5 cm³/mol. The fraction of sp³-hybridized carbons (Fsp3) is 0.368. The first kappa shape index (κ1) is 17.7. The van der Waals surface area contributed by atoms with Gasteiger partial charge in [-0.05, 0) is 64.5 Å². The van der Waals surface area contributed by atoms with Gasteiger partial charge in [0.05, 0.1) is 6.42 Å². The van der Waals surface area contributed by atoms with Gasteiger partial charge in [0.25, 0.3) is 5.91 Å². The Bertz CT molecular complexity index is 746. The Morgan fingerprint density at radius 2 is 1.84 bits per heavy atom.